The zero-order chi connectivity index (χ0) is 12.8. The molecular formula is C13H19N3OS. The maximum atomic E-state index is 5.40. The molecule has 98 valence electrons. The van der Waals surface area contributed by atoms with Crippen LogP contribution in [0.25, 0.3) is 0 Å². The molecule has 1 unspecified atom stereocenters. The Bertz CT molecular complexity index is 435. The Balaban J connectivity index is 1.92. The summed E-state index contributed by atoms with van der Waals surface area (Å²) >= 11 is 1.42. The molecule has 1 aromatic heterocycles. The van der Waals surface area contributed by atoms with Crippen molar-refractivity contribution in [1.29, 1.82) is 0 Å². The highest BCUT2D eigenvalue weighted by Crippen LogP contribution is 2.27. The summed E-state index contributed by atoms with van der Waals surface area (Å²) in [5.41, 5.74) is 0. The first-order valence-corrected chi connectivity index (χ1v) is 7.27. The second-order valence-corrected chi connectivity index (χ2v) is 5.12. The number of anilines is 1. The van der Waals surface area contributed by atoms with Gasteiger partial charge in [-0.3, -0.25) is 0 Å². The van der Waals surface area contributed by atoms with E-state index in [1.807, 2.05) is 6.92 Å². The Morgan fingerprint density at radius 1 is 1.44 bits per heavy atom. The fourth-order valence-electron chi connectivity index (χ4n) is 2.04. The van der Waals surface area contributed by atoms with Crippen LogP contribution in [0.15, 0.2) is 0 Å². The lowest BCUT2D eigenvalue weighted by atomic mass is 10.1. The summed E-state index contributed by atoms with van der Waals surface area (Å²) in [5, 5.41) is 0.973. The van der Waals surface area contributed by atoms with Gasteiger partial charge in [0, 0.05) is 30.5 Å². The predicted octanol–water partition coefficient (Wildman–Crippen LogP) is 2.71. The van der Waals surface area contributed by atoms with E-state index in [1.165, 1.54) is 30.8 Å². The van der Waals surface area contributed by atoms with Crippen molar-refractivity contribution in [2.45, 2.75) is 45.6 Å². The van der Waals surface area contributed by atoms with Gasteiger partial charge in [0.05, 0.1) is 0 Å². The molecule has 1 fully saturated rings. The highest BCUT2D eigenvalue weighted by Gasteiger charge is 2.21. The van der Waals surface area contributed by atoms with Crippen LogP contribution in [0, 0.1) is 11.8 Å². The SMILES string of the molecule is CCC#CCOc1nsc(N2CCCCC2C)n1. The van der Waals surface area contributed by atoms with Crippen molar-refractivity contribution >= 4 is 16.7 Å². The molecule has 18 heavy (non-hydrogen) atoms. The summed E-state index contributed by atoms with van der Waals surface area (Å²) in [4.78, 5) is 6.75. The maximum Gasteiger partial charge on any atom is 0.331 e. The lowest BCUT2D eigenvalue weighted by Crippen LogP contribution is -2.37. The topological polar surface area (TPSA) is 38.2 Å². The zero-order valence-electron chi connectivity index (χ0n) is 11.0. The number of piperidine rings is 1. The minimum atomic E-state index is 0.375. The molecule has 0 aromatic carbocycles. The third kappa shape index (κ3) is 3.36. The summed E-state index contributed by atoms with van der Waals surface area (Å²) in [5.74, 6) is 5.88. The van der Waals surface area contributed by atoms with Crippen LogP contribution in [0.1, 0.15) is 39.5 Å². The molecule has 1 aromatic rings. The highest BCUT2D eigenvalue weighted by molar-refractivity contribution is 7.09. The van der Waals surface area contributed by atoms with E-state index >= 15 is 0 Å². The van der Waals surface area contributed by atoms with Crippen LogP contribution in [0.3, 0.4) is 0 Å². The average molecular weight is 265 g/mol. The molecule has 4 nitrogen and oxygen atoms in total. The van der Waals surface area contributed by atoms with Gasteiger partial charge >= 0.3 is 6.01 Å². The number of rotatable bonds is 3. The monoisotopic (exact) mass is 265 g/mol. The quantitative estimate of drug-likeness (QED) is 0.788. The minimum absolute atomic E-state index is 0.375. The van der Waals surface area contributed by atoms with Crippen LogP contribution >= 0.6 is 11.5 Å². The summed E-state index contributed by atoms with van der Waals surface area (Å²) in [6.07, 6.45) is 4.64. The third-order valence-electron chi connectivity index (χ3n) is 3.02. The molecule has 0 amide bonds. The first-order valence-electron chi connectivity index (χ1n) is 6.50. The van der Waals surface area contributed by atoms with Crippen LogP contribution in [0.4, 0.5) is 5.13 Å². The Hall–Kier alpha value is -1.28. The van der Waals surface area contributed by atoms with Gasteiger partial charge in [0.15, 0.2) is 6.61 Å². The van der Waals surface area contributed by atoms with Crippen molar-refractivity contribution in [3.8, 4) is 17.9 Å². The molecule has 0 N–H and O–H groups in total. The first kappa shape index (κ1) is 13.2. The van der Waals surface area contributed by atoms with Gasteiger partial charge in [0.1, 0.15) is 0 Å². The van der Waals surface area contributed by atoms with E-state index in [0.29, 0.717) is 18.7 Å². The lowest BCUT2D eigenvalue weighted by Gasteiger charge is -2.32. The number of nitrogens with zero attached hydrogens (tertiary/aromatic N) is 3. The number of hydrogen-bond acceptors (Lipinski definition) is 5. The fraction of sp³-hybridized carbons (Fsp3) is 0.692. The van der Waals surface area contributed by atoms with Crippen molar-refractivity contribution in [2.24, 2.45) is 0 Å². The maximum absolute atomic E-state index is 5.40. The van der Waals surface area contributed by atoms with Gasteiger partial charge in [-0.15, -0.1) is 10.3 Å². The molecule has 2 heterocycles. The minimum Gasteiger partial charge on any atom is -0.450 e. The molecule has 2 rings (SSSR count). The van der Waals surface area contributed by atoms with Crippen LogP contribution in [-0.2, 0) is 0 Å². The molecular weight excluding hydrogens is 246 g/mol. The van der Waals surface area contributed by atoms with Gasteiger partial charge in [-0.25, -0.2) is 0 Å². The van der Waals surface area contributed by atoms with Crippen LogP contribution in [0.5, 0.6) is 6.01 Å². The van der Waals surface area contributed by atoms with Gasteiger partial charge in [-0.1, -0.05) is 12.8 Å². The zero-order valence-corrected chi connectivity index (χ0v) is 11.8. The summed E-state index contributed by atoms with van der Waals surface area (Å²) in [6, 6.07) is 1.01. The first-order chi connectivity index (χ1) is 8.81. The van der Waals surface area contributed by atoms with Gasteiger partial charge in [-0.05, 0) is 26.2 Å². The van der Waals surface area contributed by atoms with E-state index in [-0.39, 0.29) is 0 Å². The van der Waals surface area contributed by atoms with Crippen LogP contribution in [0.2, 0.25) is 0 Å². The molecule has 0 spiro atoms. The Morgan fingerprint density at radius 2 is 2.33 bits per heavy atom. The van der Waals surface area contributed by atoms with Crippen molar-refractivity contribution in [3.63, 3.8) is 0 Å². The standard InChI is InChI=1S/C13H19N3OS/c1-3-4-7-10-17-12-14-13(18-15-12)16-9-6-5-8-11(16)2/h11H,3,5-6,8-10H2,1-2H3. The molecule has 1 atom stereocenters. The summed E-state index contributed by atoms with van der Waals surface area (Å²) in [7, 11) is 0. The van der Waals surface area contributed by atoms with Gasteiger partial charge < -0.3 is 9.64 Å². The average Bonchev–Trinajstić information content (AvgIpc) is 2.84. The Kier molecular flexibility index (Phi) is 4.82. The fourth-order valence-corrected chi connectivity index (χ4v) is 2.79. The van der Waals surface area contributed by atoms with Gasteiger partial charge in [0.2, 0.25) is 5.13 Å². The summed E-state index contributed by atoms with van der Waals surface area (Å²) in [6.45, 7) is 5.71. The van der Waals surface area contributed by atoms with Crippen molar-refractivity contribution in [2.75, 3.05) is 18.1 Å². The van der Waals surface area contributed by atoms with E-state index in [9.17, 15) is 0 Å². The molecule has 5 heteroatoms. The number of aromatic nitrogens is 2. The Labute approximate surface area is 113 Å². The van der Waals surface area contributed by atoms with Crippen molar-refractivity contribution in [3.05, 3.63) is 0 Å². The largest absolute Gasteiger partial charge is 0.450 e. The molecule has 0 saturated carbocycles. The van der Waals surface area contributed by atoms with E-state index in [2.05, 4.69) is 33.0 Å². The lowest BCUT2D eigenvalue weighted by molar-refractivity contribution is 0.344. The molecule has 0 radical (unpaired) electrons. The predicted molar refractivity (Wildman–Crippen MR) is 74.1 cm³/mol. The molecule has 1 aliphatic heterocycles. The van der Waals surface area contributed by atoms with E-state index in [4.69, 9.17) is 4.74 Å². The molecule has 1 saturated heterocycles. The van der Waals surface area contributed by atoms with Gasteiger partial charge in [-0.2, -0.15) is 4.98 Å². The molecule has 0 bridgehead atoms. The third-order valence-corrected chi connectivity index (χ3v) is 3.76. The van der Waals surface area contributed by atoms with Crippen molar-refractivity contribution in [1.82, 2.24) is 9.36 Å². The van der Waals surface area contributed by atoms with Crippen molar-refractivity contribution < 1.29 is 4.74 Å². The highest BCUT2D eigenvalue weighted by atomic mass is 32.1. The smallest absolute Gasteiger partial charge is 0.331 e. The second kappa shape index (κ2) is 6.60. The van der Waals surface area contributed by atoms with Crippen LogP contribution < -0.4 is 9.64 Å². The van der Waals surface area contributed by atoms with E-state index < -0.39 is 0 Å². The normalized spacial score (nSPS) is 19.2. The number of hydrogen-bond donors (Lipinski definition) is 0. The van der Waals surface area contributed by atoms with Crippen LogP contribution in [-0.4, -0.2) is 28.6 Å². The summed E-state index contributed by atoms with van der Waals surface area (Å²) < 4.78 is 9.63. The molecule has 1 aliphatic rings. The van der Waals surface area contributed by atoms with Gasteiger partial charge in [0.25, 0.3) is 0 Å². The number of ether oxygens (including phenoxy) is 1. The Morgan fingerprint density at radius 3 is 3.11 bits per heavy atom. The second-order valence-electron chi connectivity index (χ2n) is 4.39. The van der Waals surface area contributed by atoms with E-state index in [1.54, 1.807) is 0 Å². The van der Waals surface area contributed by atoms with E-state index in [0.717, 1.165) is 18.1 Å². The molecule has 0 aliphatic carbocycles.